The summed E-state index contributed by atoms with van der Waals surface area (Å²) in [4.78, 5) is 14.2. The summed E-state index contributed by atoms with van der Waals surface area (Å²) >= 11 is 11.9. The molecular formula is C15H16Cl2N2O2. The lowest BCUT2D eigenvalue weighted by Gasteiger charge is -2.22. The molecule has 1 unspecified atom stereocenters. The molecule has 21 heavy (non-hydrogen) atoms. The SMILES string of the molecule is CN(C)C(CNC(=O)c1ccc(Cl)cc1Cl)c1ccco1. The minimum absolute atomic E-state index is 0.0463. The van der Waals surface area contributed by atoms with Gasteiger partial charge in [0.1, 0.15) is 5.76 Å². The molecule has 0 aliphatic rings. The van der Waals surface area contributed by atoms with Crippen LogP contribution in [0.4, 0.5) is 0 Å². The Balaban J connectivity index is 2.05. The van der Waals surface area contributed by atoms with Crippen LogP contribution in [0.1, 0.15) is 22.2 Å². The molecule has 2 aromatic rings. The maximum atomic E-state index is 12.2. The Labute approximate surface area is 133 Å². The lowest BCUT2D eigenvalue weighted by atomic mass is 10.1. The number of halogens is 2. The average molecular weight is 327 g/mol. The minimum Gasteiger partial charge on any atom is -0.468 e. The number of hydrogen-bond donors (Lipinski definition) is 1. The van der Waals surface area contributed by atoms with Crippen molar-refractivity contribution in [1.29, 1.82) is 0 Å². The zero-order valence-corrected chi connectivity index (χ0v) is 13.3. The van der Waals surface area contributed by atoms with E-state index >= 15 is 0 Å². The van der Waals surface area contributed by atoms with Crippen molar-refractivity contribution < 1.29 is 9.21 Å². The normalized spacial score (nSPS) is 12.4. The molecule has 112 valence electrons. The van der Waals surface area contributed by atoms with Gasteiger partial charge in [-0.1, -0.05) is 23.2 Å². The summed E-state index contributed by atoms with van der Waals surface area (Å²) in [6, 6.07) is 8.45. The van der Waals surface area contributed by atoms with Gasteiger partial charge in [0.2, 0.25) is 0 Å². The topological polar surface area (TPSA) is 45.5 Å². The van der Waals surface area contributed by atoms with Crippen LogP contribution in [0.15, 0.2) is 41.0 Å². The van der Waals surface area contributed by atoms with Crippen molar-refractivity contribution in [1.82, 2.24) is 10.2 Å². The zero-order valence-electron chi connectivity index (χ0n) is 11.8. The second-order valence-corrected chi connectivity index (χ2v) is 5.67. The molecule has 0 aliphatic carbocycles. The fraction of sp³-hybridized carbons (Fsp3) is 0.267. The van der Waals surface area contributed by atoms with Crippen LogP contribution < -0.4 is 5.32 Å². The first kappa shape index (κ1) is 15.9. The number of nitrogens with zero attached hydrogens (tertiary/aromatic N) is 1. The second-order valence-electron chi connectivity index (χ2n) is 4.83. The van der Waals surface area contributed by atoms with E-state index in [1.165, 1.54) is 0 Å². The highest BCUT2D eigenvalue weighted by Gasteiger charge is 2.19. The van der Waals surface area contributed by atoms with Crippen LogP contribution in [-0.4, -0.2) is 31.4 Å². The van der Waals surface area contributed by atoms with E-state index < -0.39 is 0 Å². The number of rotatable bonds is 5. The number of hydrogen-bond acceptors (Lipinski definition) is 3. The molecule has 4 nitrogen and oxygen atoms in total. The van der Waals surface area contributed by atoms with E-state index in [0.29, 0.717) is 22.2 Å². The summed E-state index contributed by atoms with van der Waals surface area (Å²) in [5.74, 6) is 0.553. The first-order valence-corrected chi connectivity index (χ1v) is 7.17. The van der Waals surface area contributed by atoms with Crippen LogP contribution in [0.5, 0.6) is 0 Å². The van der Waals surface area contributed by atoms with E-state index in [9.17, 15) is 4.79 Å². The first-order valence-electron chi connectivity index (χ1n) is 6.42. The largest absolute Gasteiger partial charge is 0.468 e. The third-order valence-corrected chi connectivity index (χ3v) is 3.67. The van der Waals surface area contributed by atoms with Crippen LogP contribution >= 0.6 is 23.2 Å². The van der Waals surface area contributed by atoms with Gasteiger partial charge in [0, 0.05) is 11.6 Å². The van der Waals surface area contributed by atoms with Gasteiger partial charge in [0.15, 0.2) is 0 Å². The molecule has 0 aliphatic heterocycles. The highest BCUT2D eigenvalue weighted by Crippen LogP contribution is 2.22. The Kier molecular flexibility index (Phi) is 5.28. The van der Waals surface area contributed by atoms with Crippen LogP contribution in [0.25, 0.3) is 0 Å². The summed E-state index contributed by atoms with van der Waals surface area (Å²) < 4.78 is 5.40. The molecule has 1 aromatic heterocycles. The van der Waals surface area contributed by atoms with Gasteiger partial charge < -0.3 is 9.73 Å². The van der Waals surface area contributed by atoms with Gasteiger partial charge in [0.05, 0.1) is 22.9 Å². The fourth-order valence-corrected chi connectivity index (χ4v) is 2.47. The smallest absolute Gasteiger partial charge is 0.252 e. The summed E-state index contributed by atoms with van der Waals surface area (Å²) in [5, 5.41) is 3.69. The van der Waals surface area contributed by atoms with Crippen LogP contribution in [0.2, 0.25) is 10.0 Å². The molecule has 0 saturated carbocycles. The third kappa shape index (κ3) is 4.00. The van der Waals surface area contributed by atoms with Crippen molar-refractivity contribution in [3.05, 3.63) is 58.0 Å². The van der Waals surface area contributed by atoms with E-state index in [4.69, 9.17) is 27.6 Å². The standard InChI is InChI=1S/C15H16Cl2N2O2/c1-19(2)13(14-4-3-7-21-14)9-18-15(20)11-6-5-10(16)8-12(11)17/h3-8,13H,9H2,1-2H3,(H,18,20). The van der Waals surface area contributed by atoms with Gasteiger partial charge in [0.25, 0.3) is 5.91 Å². The zero-order chi connectivity index (χ0) is 15.4. The van der Waals surface area contributed by atoms with E-state index in [0.717, 1.165) is 5.76 Å². The molecule has 0 saturated heterocycles. The van der Waals surface area contributed by atoms with E-state index in [1.54, 1.807) is 24.5 Å². The summed E-state index contributed by atoms with van der Waals surface area (Å²) in [7, 11) is 3.85. The Morgan fingerprint density at radius 3 is 2.67 bits per heavy atom. The van der Waals surface area contributed by atoms with Gasteiger partial charge in [-0.05, 0) is 44.4 Å². The van der Waals surface area contributed by atoms with Crippen molar-refractivity contribution >= 4 is 29.1 Å². The molecule has 0 fully saturated rings. The number of furan rings is 1. The summed E-state index contributed by atoms with van der Waals surface area (Å²) in [6.07, 6.45) is 1.61. The monoisotopic (exact) mass is 326 g/mol. The Morgan fingerprint density at radius 2 is 2.10 bits per heavy atom. The number of amides is 1. The summed E-state index contributed by atoms with van der Waals surface area (Å²) in [6.45, 7) is 0.415. The molecule has 2 rings (SSSR count). The highest BCUT2D eigenvalue weighted by molar-refractivity contribution is 6.36. The number of likely N-dealkylation sites (N-methyl/N-ethyl adjacent to an activating group) is 1. The first-order chi connectivity index (χ1) is 9.99. The predicted octanol–water partition coefficient (Wildman–Crippen LogP) is 3.62. The number of carbonyl (C=O) groups excluding carboxylic acids is 1. The van der Waals surface area contributed by atoms with Crippen molar-refractivity contribution in [2.75, 3.05) is 20.6 Å². The average Bonchev–Trinajstić information content (AvgIpc) is 2.92. The Hall–Kier alpha value is -1.49. The molecule has 1 amide bonds. The van der Waals surface area contributed by atoms with E-state index in [-0.39, 0.29) is 11.9 Å². The molecule has 6 heteroatoms. The highest BCUT2D eigenvalue weighted by atomic mass is 35.5. The van der Waals surface area contributed by atoms with Crippen molar-refractivity contribution in [2.24, 2.45) is 0 Å². The number of nitrogens with one attached hydrogen (secondary N) is 1. The van der Waals surface area contributed by atoms with Gasteiger partial charge in [-0.15, -0.1) is 0 Å². The third-order valence-electron chi connectivity index (χ3n) is 3.13. The minimum atomic E-state index is -0.241. The van der Waals surface area contributed by atoms with Crippen LogP contribution in [0.3, 0.4) is 0 Å². The fourth-order valence-electron chi connectivity index (χ4n) is 1.98. The molecule has 1 N–H and O–H groups in total. The van der Waals surface area contributed by atoms with Crippen molar-refractivity contribution in [3.8, 4) is 0 Å². The number of benzene rings is 1. The molecule has 0 radical (unpaired) electrons. The molecular weight excluding hydrogens is 311 g/mol. The van der Waals surface area contributed by atoms with Crippen molar-refractivity contribution in [3.63, 3.8) is 0 Å². The maximum absolute atomic E-state index is 12.2. The lowest BCUT2D eigenvalue weighted by molar-refractivity contribution is 0.0939. The van der Waals surface area contributed by atoms with E-state index in [2.05, 4.69) is 5.32 Å². The molecule has 1 atom stereocenters. The van der Waals surface area contributed by atoms with Gasteiger partial charge in [-0.3, -0.25) is 9.69 Å². The quantitative estimate of drug-likeness (QED) is 0.912. The molecule has 1 aromatic carbocycles. The van der Waals surface area contributed by atoms with Gasteiger partial charge >= 0.3 is 0 Å². The van der Waals surface area contributed by atoms with Gasteiger partial charge in [-0.2, -0.15) is 0 Å². The van der Waals surface area contributed by atoms with Crippen LogP contribution in [0, 0.1) is 0 Å². The lowest BCUT2D eigenvalue weighted by Crippen LogP contribution is -2.34. The van der Waals surface area contributed by atoms with E-state index in [1.807, 2.05) is 31.1 Å². The Morgan fingerprint density at radius 1 is 1.33 bits per heavy atom. The molecule has 1 heterocycles. The molecule has 0 spiro atoms. The Bertz CT molecular complexity index is 612. The predicted molar refractivity (Wildman–Crippen MR) is 83.9 cm³/mol. The van der Waals surface area contributed by atoms with Crippen LogP contribution in [-0.2, 0) is 0 Å². The number of carbonyl (C=O) groups is 1. The second kappa shape index (κ2) is 6.98. The summed E-state index contributed by atoms with van der Waals surface area (Å²) in [5.41, 5.74) is 0.401. The molecule has 0 bridgehead atoms. The van der Waals surface area contributed by atoms with Gasteiger partial charge in [-0.25, -0.2) is 0 Å². The van der Waals surface area contributed by atoms with Crippen molar-refractivity contribution in [2.45, 2.75) is 6.04 Å². The maximum Gasteiger partial charge on any atom is 0.252 e.